The molecule has 1 fully saturated rings. The van der Waals surface area contributed by atoms with Crippen molar-refractivity contribution in [3.8, 4) is 0 Å². The Morgan fingerprint density at radius 2 is 2.00 bits per heavy atom. The molecule has 0 spiro atoms. The van der Waals surface area contributed by atoms with Gasteiger partial charge >= 0.3 is 0 Å². The molecule has 1 aliphatic rings. The lowest BCUT2D eigenvalue weighted by molar-refractivity contribution is -0.122. The summed E-state index contributed by atoms with van der Waals surface area (Å²) >= 11 is 0. The Morgan fingerprint density at radius 3 is 2.68 bits per heavy atom. The molecular weight excluding hydrogens is 312 g/mol. The van der Waals surface area contributed by atoms with Crippen LogP contribution in [-0.2, 0) is 17.9 Å². The Bertz CT molecular complexity index is 645. The van der Waals surface area contributed by atoms with E-state index < -0.39 is 0 Å². The molecule has 5 heteroatoms. The molecule has 134 valence electrons. The molecule has 1 saturated heterocycles. The van der Waals surface area contributed by atoms with Crippen LogP contribution in [0.25, 0.3) is 0 Å². The number of carbonyl (C=O) groups excluding carboxylic acids is 1. The van der Waals surface area contributed by atoms with Gasteiger partial charge in [-0.05, 0) is 55.0 Å². The molecule has 0 bridgehead atoms. The van der Waals surface area contributed by atoms with Crippen molar-refractivity contribution < 1.29 is 4.79 Å². The van der Waals surface area contributed by atoms with Crippen molar-refractivity contribution in [1.29, 1.82) is 0 Å². The fourth-order valence-corrected chi connectivity index (χ4v) is 3.49. The summed E-state index contributed by atoms with van der Waals surface area (Å²) < 4.78 is 1.90. The lowest BCUT2D eigenvalue weighted by Crippen LogP contribution is -2.33. The van der Waals surface area contributed by atoms with Gasteiger partial charge in [-0.1, -0.05) is 31.2 Å². The van der Waals surface area contributed by atoms with E-state index in [1.807, 2.05) is 16.9 Å². The molecule has 0 aliphatic carbocycles. The Balaban J connectivity index is 1.42. The molecule has 1 unspecified atom stereocenters. The van der Waals surface area contributed by atoms with E-state index in [4.69, 9.17) is 0 Å². The molecule has 3 rings (SSSR count). The van der Waals surface area contributed by atoms with E-state index in [2.05, 4.69) is 46.9 Å². The zero-order valence-corrected chi connectivity index (χ0v) is 14.9. The molecule has 25 heavy (non-hydrogen) atoms. The van der Waals surface area contributed by atoms with Gasteiger partial charge in [0.05, 0.1) is 6.54 Å². The smallest absolute Gasteiger partial charge is 0.220 e. The summed E-state index contributed by atoms with van der Waals surface area (Å²) in [4.78, 5) is 12.2. The van der Waals surface area contributed by atoms with Crippen molar-refractivity contribution in [3.05, 3.63) is 53.9 Å². The molecule has 1 aromatic carbocycles. The number of nitrogens with one attached hydrogen (secondary N) is 2. The van der Waals surface area contributed by atoms with Crippen LogP contribution in [-0.4, -0.2) is 28.8 Å². The average molecular weight is 340 g/mol. The highest BCUT2D eigenvalue weighted by molar-refractivity contribution is 5.76. The lowest BCUT2D eigenvalue weighted by Gasteiger charge is -2.27. The van der Waals surface area contributed by atoms with Gasteiger partial charge < -0.3 is 10.6 Å². The zero-order valence-electron chi connectivity index (χ0n) is 14.9. The van der Waals surface area contributed by atoms with Gasteiger partial charge in [0.25, 0.3) is 0 Å². The van der Waals surface area contributed by atoms with E-state index in [-0.39, 0.29) is 5.91 Å². The van der Waals surface area contributed by atoms with Gasteiger partial charge in [-0.15, -0.1) is 0 Å². The van der Waals surface area contributed by atoms with Crippen LogP contribution in [0.15, 0.2) is 42.7 Å². The maximum atomic E-state index is 12.2. The zero-order chi connectivity index (χ0) is 17.5. The van der Waals surface area contributed by atoms with E-state index in [0.29, 0.717) is 24.8 Å². The van der Waals surface area contributed by atoms with Gasteiger partial charge in [-0.3, -0.25) is 9.48 Å². The third-order valence-corrected chi connectivity index (χ3v) is 5.11. The van der Waals surface area contributed by atoms with Crippen LogP contribution < -0.4 is 10.6 Å². The molecular formula is C20H28N4O. The minimum absolute atomic E-state index is 0.159. The average Bonchev–Trinajstić information content (AvgIpc) is 3.15. The number of amides is 1. The van der Waals surface area contributed by atoms with Gasteiger partial charge in [0, 0.05) is 25.4 Å². The van der Waals surface area contributed by atoms with Gasteiger partial charge in [-0.2, -0.15) is 5.10 Å². The molecule has 5 nitrogen and oxygen atoms in total. The summed E-state index contributed by atoms with van der Waals surface area (Å²) in [5, 5.41) is 10.7. The van der Waals surface area contributed by atoms with Crippen LogP contribution in [0.3, 0.4) is 0 Å². The Morgan fingerprint density at radius 1 is 1.28 bits per heavy atom. The molecule has 2 N–H and O–H groups in total. The second-order valence-electron chi connectivity index (χ2n) is 7.07. The maximum absolute atomic E-state index is 12.2. The van der Waals surface area contributed by atoms with Crippen LogP contribution >= 0.6 is 0 Å². The molecule has 1 aliphatic heterocycles. The van der Waals surface area contributed by atoms with Crippen molar-refractivity contribution in [3.63, 3.8) is 0 Å². The van der Waals surface area contributed by atoms with E-state index in [1.54, 1.807) is 6.20 Å². The lowest BCUT2D eigenvalue weighted by atomic mass is 9.84. The summed E-state index contributed by atoms with van der Waals surface area (Å²) in [6, 6.07) is 10.3. The van der Waals surface area contributed by atoms with Crippen molar-refractivity contribution in [2.45, 2.75) is 39.3 Å². The van der Waals surface area contributed by atoms with Crippen LogP contribution in [0.4, 0.5) is 0 Å². The van der Waals surface area contributed by atoms with Crippen LogP contribution in [0.1, 0.15) is 37.3 Å². The van der Waals surface area contributed by atoms with Gasteiger partial charge in [0.15, 0.2) is 0 Å². The highest BCUT2D eigenvalue weighted by atomic mass is 16.1. The predicted molar refractivity (Wildman–Crippen MR) is 99.0 cm³/mol. The quantitative estimate of drug-likeness (QED) is 0.814. The first-order valence-corrected chi connectivity index (χ1v) is 9.23. The monoisotopic (exact) mass is 340 g/mol. The van der Waals surface area contributed by atoms with Crippen LogP contribution in [0.5, 0.6) is 0 Å². The van der Waals surface area contributed by atoms with E-state index in [1.165, 1.54) is 18.4 Å². The van der Waals surface area contributed by atoms with E-state index >= 15 is 0 Å². The van der Waals surface area contributed by atoms with E-state index in [9.17, 15) is 4.79 Å². The summed E-state index contributed by atoms with van der Waals surface area (Å²) in [5.74, 6) is 1.29. The minimum atomic E-state index is 0.159. The minimum Gasteiger partial charge on any atom is -0.352 e. The molecule has 0 radical (unpaired) electrons. The second-order valence-corrected chi connectivity index (χ2v) is 7.07. The number of piperidine rings is 1. The highest BCUT2D eigenvalue weighted by Crippen LogP contribution is 2.24. The summed E-state index contributed by atoms with van der Waals surface area (Å²) in [5.41, 5.74) is 2.34. The van der Waals surface area contributed by atoms with Gasteiger partial charge in [0.1, 0.15) is 0 Å². The normalized spacial score (nSPS) is 16.5. The van der Waals surface area contributed by atoms with Crippen LogP contribution in [0.2, 0.25) is 0 Å². The largest absolute Gasteiger partial charge is 0.352 e. The topological polar surface area (TPSA) is 59.0 Å². The fourth-order valence-electron chi connectivity index (χ4n) is 3.49. The SMILES string of the molecule is CC(CC(=O)NCc1ccc(Cn2cccn2)cc1)C1CCNCC1. The Kier molecular flexibility index (Phi) is 6.23. The summed E-state index contributed by atoms with van der Waals surface area (Å²) in [6.45, 7) is 5.75. The number of hydrogen-bond donors (Lipinski definition) is 2. The third kappa shape index (κ3) is 5.43. The molecule has 2 heterocycles. The first-order valence-electron chi connectivity index (χ1n) is 9.23. The number of rotatable bonds is 7. The number of aromatic nitrogens is 2. The Hall–Kier alpha value is -2.14. The number of nitrogens with zero attached hydrogens (tertiary/aromatic N) is 2. The van der Waals surface area contributed by atoms with Crippen molar-refractivity contribution in [2.75, 3.05) is 13.1 Å². The van der Waals surface area contributed by atoms with E-state index in [0.717, 1.165) is 25.2 Å². The second kappa shape index (κ2) is 8.81. The molecule has 1 amide bonds. The first kappa shape index (κ1) is 17.7. The molecule has 0 saturated carbocycles. The Labute approximate surface area is 149 Å². The van der Waals surface area contributed by atoms with Crippen molar-refractivity contribution in [2.24, 2.45) is 11.8 Å². The third-order valence-electron chi connectivity index (χ3n) is 5.11. The maximum Gasteiger partial charge on any atom is 0.220 e. The van der Waals surface area contributed by atoms with Gasteiger partial charge in [0.2, 0.25) is 5.91 Å². The van der Waals surface area contributed by atoms with Crippen LogP contribution in [0, 0.1) is 11.8 Å². The molecule has 2 aromatic rings. The standard InChI is InChI=1S/C20H28N4O/c1-16(19-7-10-21-11-8-19)13-20(25)22-14-17-3-5-18(6-4-17)15-24-12-2-9-23-24/h2-6,9,12,16,19,21H,7-8,10-11,13-15H2,1H3,(H,22,25). The fraction of sp³-hybridized carbons (Fsp3) is 0.500. The number of benzene rings is 1. The predicted octanol–water partition coefficient (Wildman–Crippen LogP) is 2.57. The number of hydrogen-bond acceptors (Lipinski definition) is 3. The summed E-state index contributed by atoms with van der Waals surface area (Å²) in [6.07, 6.45) is 6.74. The number of carbonyl (C=O) groups is 1. The molecule has 1 atom stereocenters. The highest BCUT2D eigenvalue weighted by Gasteiger charge is 2.21. The summed E-state index contributed by atoms with van der Waals surface area (Å²) in [7, 11) is 0. The van der Waals surface area contributed by atoms with Crippen molar-refractivity contribution >= 4 is 5.91 Å². The van der Waals surface area contributed by atoms with Crippen molar-refractivity contribution in [1.82, 2.24) is 20.4 Å². The first-order chi connectivity index (χ1) is 12.2. The molecule has 1 aromatic heterocycles. The van der Waals surface area contributed by atoms with Gasteiger partial charge in [-0.25, -0.2) is 0 Å².